The fourth-order valence-corrected chi connectivity index (χ4v) is 5.62. The number of nitrogens with zero attached hydrogens (tertiary/aromatic N) is 2. The number of anilines is 1. The van der Waals surface area contributed by atoms with Gasteiger partial charge in [-0.15, -0.1) is 0 Å². The molecule has 1 saturated carbocycles. The first kappa shape index (κ1) is 27.3. The molecule has 3 rings (SSSR count). The Hall–Kier alpha value is -2.29. The molecule has 0 bridgehead atoms. The van der Waals surface area contributed by atoms with Gasteiger partial charge in [0.2, 0.25) is 21.8 Å². The smallest absolute Gasteiger partial charge is 0.244 e. The minimum Gasteiger partial charge on any atom is -0.352 e. The zero-order valence-corrected chi connectivity index (χ0v) is 22.5. The minimum absolute atomic E-state index is 0.0272. The highest BCUT2D eigenvalue weighted by molar-refractivity contribution is 7.92. The predicted octanol–water partition coefficient (Wildman–Crippen LogP) is 4.54. The van der Waals surface area contributed by atoms with Crippen molar-refractivity contribution in [2.75, 3.05) is 17.1 Å². The van der Waals surface area contributed by atoms with Crippen LogP contribution in [-0.2, 0) is 26.2 Å². The summed E-state index contributed by atoms with van der Waals surface area (Å²) in [7, 11) is -3.78. The molecule has 35 heavy (non-hydrogen) atoms. The summed E-state index contributed by atoms with van der Waals surface area (Å²) >= 11 is 12.4. The molecule has 1 aliphatic carbocycles. The lowest BCUT2D eigenvalue weighted by Crippen LogP contribution is -2.52. The van der Waals surface area contributed by atoms with E-state index in [4.69, 9.17) is 23.2 Å². The topological polar surface area (TPSA) is 86.8 Å². The van der Waals surface area contributed by atoms with Crippen LogP contribution >= 0.6 is 23.2 Å². The number of amides is 2. The minimum atomic E-state index is -3.78. The van der Waals surface area contributed by atoms with Crippen LogP contribution in [0, 0.1) is 6.92 Å². The van der Waals surface area contributed by atoms with E-state index < -0.39 is 28.5 Å². The molecule has 2 amide bonds. The molecule has 0 saturated heterocycles. The number of hydrogen-bond donors (Lipinski definition) is 1. The normalized spacial score (nSPS) is 15.0. The maximum Gasteiger partial charge on any atom is 0.244 e. The summed E-state index contributed by atoms with van der Waals surface area (Å²) in [6.07, 6.45) is 4.99. The summed E-state index contributed by atoms with van der Waals surface area (Å²) in [6.45, 7) is 3.00. The molecule has 0 aliphatic heterocycles. The lowest BCUT2D eigenvalue weighted by atomic mass is 10.1. The van der Waals surface area contributed by atoms with Crippen LogP contribution in [-0.4, -0.2) is 50.0 Å². The lowest BCUT2D eigenvalue weighted by Gasteiger charge is -2.32. The Morgan fingerprint density at radius 1 is 1.11 bits per heavy atom. The number of hydrogen-bond acceptors (Lipinski definition) is 4. The first-order valence-corrected chi connectivity index (χ1v) is 14.1. The molecule has 1 atom stereocenters. The maximum absolute atomic E-state index is 13.6. The van der Waals surface area contributed by atoms with Crippen LogP contribution in [0.2, 0.25) is 10.0 Å². The number of carbonyl (C=O) groups is 2. The number of para-hydroxylation sites is 1. The van der Waals surface area contributed by atoms with Crippen molar-refractivity contribution in [2.24, 2.45) is 0 Å². The van der Waals surface area contributed by atoms with Gasteiger partial charge in [-0.3, -0.25) is 13.9 Å². The molecule has 0 heterocycles. The molecular weight excluding hydrogens is 509 g/mol. The van der Waals surface area contributed by atoms with Crippen LogP contribution in [0.1, 0.15) is 43.7 Å². The Morgan fingerprint density at radius 3 is 2.37 bits per heavy atom. The average molecular weight is 541 g/mol. The molecule has 1 aliphatic rings. The maximum atomic E-state index is 13.6. The summed E-state index contributed by atoms with van der Waals surface area (Å²) in [4.78, 5) is 28.1. The van der Waals surface area contributed by atoms with Gasteiger partial charge in [0.15, 0.2) is 0 Å². The quantitative estimate of drug-likeness (QED) is 0.506. The van der Waals surface area contributed by atoms with Gasteiger partial charge < -0.3 is 10.2 Å². The molecule has 1 fully saturated rings. The standard InChI is InChI=1S/C25H31Cl2N3O4S/c1-17-8-4-7-11-23(17)30(35(3,33)34)16-24(31)29(15-19-12-13-20(26)14-22(19)27)18(2)25(32)28-21-9-5-6-10-21/h4,7-8,11-14,18,21H,5-6,9-10,15-16H2,1-3H3,(H,28,32)/t18-/m1/s1. The zero-order valence-electron chi connectivity index (χ0n) is 20.1. The molecule has 0 radical (unpaired) electrons. The molecule has 0 unspecified atom stereocenters. The fourth-order valence-electron chi connectivity index (χ4n) is 4.25. The number of sulfonamides is 1. The molecular formula is C25H31Cl2N3O4S. The number of nitrogens with one attached hydrogen (secondary N) is 1. The van der Waals surface area contributed by atoms with Crippen LogP contribution in [0.3, 0.4) is 0 Å². The Labute approximate surface area is 217 Å². The van der Waals surface area contributed by atoms with Crippen LogP contribution in [0.4, 0.5) is 5.69 Å². The van der Waals surface area contributed by atoms with E-state index in [0.29, 0.717) is 26.9 Å². The average Bonchev–Trinajstić information content (AvgIpc) is 3.29. The second kappa shape index (κ2) is 11.6. The fraction of sp³-hybridized carbons (Fsp3) is 0.440. The predicted molar refractivity (Wildman–Crippen MR) is 140 cm³/mol. The summed E-state index contributed by atoms with van der Waals surface area (Å²) in [6, 6.07) is 11.1. The van der Waals surface area contributed by atoms with Crippen LogP contribution in [0.25, 0.3) is 0 Å². The summed E-state index contributed by atoms with van der Waals surface area (Å²) in [5.41, 5.74) is 1.73. The van der Waals surface area contributed by atoms with Crippen molar-refractivity contribution < 1.29 is 18.0 Å². The Kier molecular flexibility index (Phi) is 9.07. The van der Waals surface area contributed by atoms with E-state index >= 15 is 0 Å². The second-order valence-electron chi connectivity index (χ2n) is 8.98. The first-order chi connectivity index (χ1) is 16.5. The highest BCUT2D eigenvalue weighted by Gasteiger charge is 2.32. The van der Waals surface area contributed by atoms with E-state index in [1.807, 2.05) is 0 Å². The third-order valence-electron chi connectivity index (χ3n) is 6.29. The number of carbonyl (C=O) groups excluding carboxylic acids is 2. The van der Waals surface area contributed by atoms with Crippen molar-refractivity contribution in [3.63, 3.8) is 0 Å². The Balaban J connectivity index is 1.91. The van der Waals surface area contributed by atoms with Gasteiger partial charge in [-0.2, -0.15) is 0 Å². The van der Waals surface area contributed by atoms with Crippen molar-refractivity contribution in [1.82, 2.24) is 10.2 Å². The lowest BCUT2D eigenvalue weighted by molar-refractivity contribution is -0.139. The summed E-state index contributed by atoms with van der Waals surface area (Å²) < 4.78 is 26.4. The van der Waals surface area contributed by atoms with Crippen molar-refractivity contribution in [1.29, 1.82) is 0 Å². The van der Waals surface area contributed by atoms with Crippen LogP contribution < -0.4 is 9.62 Å². The molecule has 0 spiro atoms. The van der Waals surface area contributed by atoms with E-state index in [-0.39, 0.29) is 18.5 Å². The van der Waals surface area contributed by atoms with Gasteiger partial charge >= 0.3 is 0 Å². The number of halogens is 2. The number of aryl methyl sites for hydroxylation is 1. The van der Waals surface area contributed by atoms with Gasteiger partial charge in [0.25, 0.3) is 0 Å². The van der Waals surface area contributed by atoms with Crippen molar-refractivity contribution >= 4 is 50.7 Å². The van der Waals surface area contributed by atoms with Gasteiger partial charge in [0, 0.05) is 22.6 Å². The molecule has 10 heteroatoms. The molecule has 2 aromatic carbocycles. The largest absolute Gasteiger partial charge is 0.352 e. The first-order valence-electron chi connectivity index (χ1n) is 11.5. The van der Waals surface area contributed by atoms with E-state index in [1.54, 1.807) is 56.3 Å². The van der Waals surface area contributed by atoms with E-state index in [9.17, 15) is 18.0 Å². The SMILES string of the molecule is Cc1ccccc1N(CC(=O)N(Cc1ccc(Cl)cc1Cl)[C@H](C)C(=O)NC1CCCC1)S(C)(=O)=O. The van der Waals surface area contributed by atoms with Gasteiger partial charge in [-0.05, 0) is 56.0 Å². The van der Waals surface area contributed by atoms with Crippen LogP contribution in [0.15, 0.2) is 42.5 Å². The number of benzene rings is 2. The van der Waals surface area contributed by atoms with Gasteiger partial charge in [-0.25, -0.2) is 8.42 Å². The van der Waals surface area contributed by atoms with Crippen molar-refractivity contribution in [2.45, 2.75) is 58.2 Å². The van der Waals surface area contributed by atoms with Crippen LogP contribution in [0.5, 0.6) is 0 Å². The van der Waals surface area contributed by atoms with Crippen molar-refractivity contribution in [3.05, 3.63) is 63.6 Å². The van der Waals surface area contributed by atoms with Gasteiger partial charge in [-0.1, -0.05) is 60.3 Å². The highest BCUT2D eigenvalue weighted by Crippen LogP contribution is 2.26. The molecule has 7 nitrogen and oxygen atoms in total. The second-order valence-corrected chi connectivity index (χ2v) is 11.7. The summed E-state index contributed by atoms with van der Waals surface area (Å²) in [5, 5.41) is 3.84. The molecule has 0 aromatic heterocycles. The van der Waals surface area contributed by atoms with Crippen molar-refractivity contribution in [3.8, 4) is 0 Å². The molecule has 2 aromatic rings. The number of rotatable bonds is 9. The van der Waals surface area contributed by atoms with E-state index in [2.05, 4.69) is 5.32 Å². The Bertz CT molecular complexity index is 1180. The van der Waals surface area contributed by atoms with E-state index in [1.165, 1.54) is 4.90 Å². The highest BCUT2D eigenvalue weighted by atomic mass is 35.5. The molecule has 1 N–H and O–H groups in total. The summed E-state index contributed by atoms with van der Waals surface area (Å²) in [5.74, 6) is -0.795. The van der Waals surface area contributed by atoms with E-state index in [0.717, 1.165) is 36.2 Å². The third-order valence-corrected chi connectivity index (χ3v) is 8.00. The monoisotopic (exact) mass is 539 g/mol. The van der Waals surface area contributed by atoms with Gasteiger partial charge in [0.05, 0.1) is 11.9 Å². The van der Waals surface area contributed by atoms with Gasteiger partial charge in [0.1, 0.15) is 12.6 Å². The zero-order chi connectivity index (χ0) is 25.8. The Morgan fingerprint density at radius 2 is 1.77 bits per heavy atom. The third kappa shape index (κ3) is 7.12. The molecule has 190 valence electrons.